The monoisotopic (exact) mass is 202 g/mol. The molecule has 1 N–H and O–H groups in total. The average Bonchev–Trinajstić information content (AvgIpc) is 2.23. The summed E-state index contributed by atoms with van der Waals surface area (Å²) in [4.78, 5) is 0. The molecular formula is C12H26O2. The van der Waals surface area contributed by atoms with Crippen molar-refractivity contribution in [2.75, 3.05) is 6.61 Å². The minimum Gasteiger partial charge on any atom is -0.387 e. The molecule has 0 spiro atoms. The van der Waals surface area contributed by atoms with E-state index in [1.165, 1.54) is 0 Å². The van der Waals surface area contributed by atoms with Gasteiger partial charge in [-0.2, -0.15) is 0 Å². The molecule has 0 heterocycles. The molecule has 0 aliphatic carbocycles. The Morgan fingerprint density at radius 3 is 2.07 bits per heavy atom. The van der Waals surface area contributed by atoms with Gasteiger partial charge in [0, 0.05) is 6.61 Å². The van der Waals surface area contributed by atoms with Crippen LogP contribution in [0.5, 0.6) is 0 Å². The third-order valence-electron chi connectivity index (χ3n) is 3.01. The lowest BCUT2D eigenvalue weighted by molar-refractivity contribution is -0.115. The van der Waals surface area contributed by atoms with Crippen LogP contribution in [0.1, 0.15) is 59.8 Å². The maximum absolute atomic E-state index is 10.3. The summed E-state index contributed by atoms with van der Waals surface area (Å²) in [5.74, 6) is 0. The molecule has 2 nitrogen and oxygen atoms in total. The van der Waals surface area contributed by atoms with Crippen molar-refractivity contribution in [1.82, 2.24) is 0 Å². The second kappa shape index (κ2) is 7.24. The fourth-order valence-corrected chi connectivity index (χ4v) is 1.73. The minimum absolute atomic E-state index is 0.00375. The summed E-state index contributed by atoms with van der Waals surface area (Å²) in [7, 11) is 0. The van der Waals surface area contributed by atoms with E-state index >= 15 is 0 Å². The van der Waals surface area contributed by atoms with Gasteiger partial charge in [-0.25, -0.2) is 0 Å². The molecule has 0 saturated heterocycles. The van der Waals surface area contributed by atoms with E-state index in [2.05, 4.69) is 13.8 Å². The zero-order chi connectivity index (χ0) is 11.0. The summed E-state index contributed by atoms with van der Waals surface area (Å²) in [6.07, 6.45) is 4.67. The number of rotatable bonds is 8. The Bertz CT molecular complexity index is 130. The highest BCUT2D eigenvalue weighted by Crippen LogP contribution is 2.24. The van der Waals surface area contributed by atoms with Gasteiger partial charge in [0.25, 0.3) is 0 Å². The average molecular weight is 202 g/mol. The third kappa shape index (κ3) is 3.97. The van der Waals surface area contributed by atoms with Gasteiger partial charge in [-0.05, 0) is 25.7 Å². The van der Waals surface area contributed by atoms with Crippen LogP contribution in [0.3, 0.4) is 0 Å². The molecule has 0 aliphatic heterocycles. The Labute approximate surface area is 88.7 Å². The van der Waals surface area contributed by atoms with Crippen LogP contribution >= 0.6 is 0 Å². The van der Waals surface area contributed by atoms with E-state index in [4.69, 9.17) is 4.74 Å². The van der Waals surface area contributed by atoms with Crippen molar-refractivity contribution in [2.45, 2.75) is 71.5 Å². The molecule has 0 amide bonds. The molecule has 0 fully saturated rings. The second-order valence-corrected chi connectivity index (χ2v) is 3.93. The fourth-order valence-electron chi connectivity index (χ4n) is 1.73. The van der Waals surface area contributed by atoms with E-state index in [-0.39, 0.29) is 6.10 Å². The molecule has 0 bridgehead atoms. The van der Waals surface area contributed by atoms with Crippen molar-refractivity contribution >= 4 is 0 Å². The van der Waals surface area contributed by atoms with E-state index in [9.17, 15) is 5.11 Å². The van der Waals surface area contributed by atoms with Crippen molar-refractivity contribution in [3.05, 3.63) is 0 Å². The maximum Gasteiger partial charge on any atom is 0.0902 e. The number of ether oxygens (including phenoxy) is 1. The first-order valence-electron chi connectivity index (χ1n) is 5.98. The molecule has 0 aromatic carbocycles. The lowest BCUT2D eigenvalue weighted by atomic mass is 9.89. The topological polar surface area (TPSA) is 29.5 Å². The Balaban J connectivity index is 4.08. The highest BCUT2D eigenvalue weighted by atomic mass is 16.5. The third-order valence-corrected chi connectivity index (χ3v) is 3.01. The standard InChI is InChI=1S/C12H26O2/c1-5-9-10-14-11(6-2)12(13,7-3)8-4/h11,13H,5-10H2,1-4H3. The van der Waals surface area contributed by atoms with E-state index in [0.29, 0.717) is 0 Å². The van der Waals surface area contributed by atoms with Crippen LogP contribution in [0.2, 0.25) is 0 Å². The molecule has 0 radical (unpaired) electrons. The quantitative estimate of drug-likeness (QED) is 0.613. The number of hydrogen-bond donors (Lipinski definition) is 1. The molecule has 0 aromatic rings. The highest BCUT2D eigenvalue weighted by molar-refractivity contribution is 4.84. The smallest absolute Gasteiger partial charge is 0.0902 e. The van der Waals surface area contributed by atoms with Crippen LogP contribution in [-0.2, 0) is 4.74 Å². The minimum atomic E-state index is -0.623. The van der Waals surface area contributed by atoms with E-state index in [1.807, 2.05) is 13.8 Å². The Morgan fingerprint density at radius 2 is 1.71 bits per heavy atom. The lowest BCUT2D eigenvalue weighted by Gasteiger charge is -2.34. The van der Waals surface area contributed by atoms with Crippen LogP contribution in [0, 0.1) is 0 Å². The molecule has 2 heteroatoms. The van der Waals surface area contributed by atoms with Crippen molar-refractivity contribution in [1.29, 1.82) is 0 Å². The number of unbranched alkanes of at least 4 members (excludes halogenated alkanes) is 1. The summed E-state index contributed by atoms with van der Waals surface area (Å²) in [5.41, 5.74) is -0.623. The molecule has 0 rings (SSSR count). The van der Waals surface area contributed by atoms with Gasteiger partial charge in [0.05, 0.1) is 11.7 Å². The van der Waals surface area contributed by atoms with Crippen molar-refractivity contribution < 1.29 is 9.84 Å². The lowest BCUT2D eigenvalue weighted by Crippen LogP contribution is -2.42. The maximum atomic E-state index is 10.3. The van der Waals surface area contributed by atoms with E-state index in [0.717, 1.165) is 38.7 Å². The summed E-state index contributed by atoms with van der Waals surface area (Å²) in [5, 5.41) is 10.3. The number of hydrogen-bond acceptors (Lipinski definition) is 2. The van der Waals surface area contributed by atoms with Gasteiger partial charge in [0.2, 0.25) is 0 Å². The Kier molecular flexibility index (Phi) is 7.20. The van der Waals surface area contributed by atoms with Crippen molar-refractivity contribution in [2.24, 2.45) is 0 Å². The largest absolute Gasteiger partial charge is 0.387 e. The van der Waals surface area contributed by atoms with Gasteiger partial charge in [-0.3, -0.25) is 0 Å². The van der Waals surface area contributed by atoms with E-state index < -0.39 is 5.60 Å². The molecular weight excluding hydrogens is 176 g/mol. The number of aliphatic hydroxyl groups is 1. The van der Waals surface area contributed by atoms with E-state index in [1.54, 1.807) is 0 Å². The van der Waals surface area contributed by atoms with Gasteiger partial charge in [-0.15, -0.1) is 0 Å². The molecule has 86 valence electrons. The predicted molar refractivity (Wildman–Crippen MR) is 60.5 cm³/mol. The summed E-state index contributed by atoms with van der Waals surface area (Å²) in [6, 6.07) is 0. The van der Waals surface area contributed by atoms with Gasteiger partial charge in [0.15, 0.2) is 0 Å². The Morgan fingerprint density at radius 1 is 1.14 bits per heavy atom. The summed E-state index contributed by atoms with van der Waals surface area (Å²) in [6.45, 7) is 9.05. The zero-order valence-electron chi connectivity index (χ0n) is 10.2. The normalized spacial score (nSPS) is 14.4. The second-order valence-electron chi connectivity index (χ2n) is 3.93. The van der Waals surface area contributed by atoms with Gasteiger partial charge < -0.3 is 9.84 Å². The molecule has 1 atom stereocenters. The molecule has 1 unspecified atom stereocenters. The Hall–Kier alpha value is -0.0800. The first-order chi connectivity index (χ1) is 6.64. The fraction of sp³-hybridized carbons (Fsp3) is 1.00. The summed E-state index contributed by atoms with van der Waals surface area (Å²) < 4.78 is 5.73. The van der Waals surface area contributed by atoms with Gasteiger partial charge in [0.1, 0.15) is 0 Å². The zero-order valence-corrected chi connectivity index (χ0v) is 10.2. The van der Waals surface area contributed by atoms with Crippen LogP contribution in [0.25, 0.3) is 0 Å². The van der Waals surface area contributed by atoms with Crippen LogP contribution in [0.4, 0.5) is 0 Å². The SMILES string of the molecule is CCCCOC(CC)C(O)(CC)CC. The summed E-state index contributed by atoms with van der Waals surface area (Å²) >= 11 is 0. The predicted octanol–water partition coefficient (Wildman–Crippen LogP) is 3.13. The van der Waals surface area contributed by atoms with Gasteiger partial charge in [-0.1, -0.05) is 34.1 Å². The van der Waals surface area contributed by atoms with Crippen LogP contribution in [0.15, 0.2) is 0 Å². The first-order valence-corrected chi connectivity index (χ1v) is 5.98. The van der Waals surface area contributed by atoms with Crippen molar-refractivity contribution in [3.63, 3.8) is 0 Å². The molecule has 0 aromatic heterocycles. The van der Waals surface area contributed by atoms with Crippen LogP contribution in [-0.4, -0.2) is 23.4 Å². The molecule has 0 aliphatic rings. The highest BCUT2D eigenvalue weighted by Gasteiger charge is 2.32. The van der Waals surface area contributed by atoms with Gasteiger partial charge >= 0.3 is 0 Å². The molecule has 0 saturated carbocycles. The first kappa shape index (κ1) is 13.9. The van der Waals surface area contributed by atoms with Crippen molar-refractivity contribution in [3.8, 4) is 0 Å². The molecule has 14 heavy (non-hydrogen) atoms. The van der Waals surface area contributed by atoms with Crippen LogP contribution < -0.4 is 0 Å².